The quantitative estimate of drug-likeness (QED) is 0.346. The summed E-state index contributed by atoms with van der Waals surface area (Å²) in [7, 11) is 0. The topological polar surface area (TPSA) is 33.2 Å². The highest BCUT2D eigenvalue weighted by Crippen LogP contribution is 2.50. The molecule has 1 aliphatic heterocycles. The van der Waals surface area contributed by atoms with E-state index in [1.807, 2.05) is 29.2 Å². The van der Waals surface area contributed by atoms with Crippen molar-refractivity contribution in [1.82, 2.24) is 9.88 Å². The highest BCUT2D eigenvalue weighted by Gasteiger charge is 2.37. The van der Waals surface area contributed by atoms with Crippen LogP contribution in [0.25, 0.3) is 11.6 Å². The molecule has 2 aliphatic carbocycles. The lowest BCUT2D eigenvalue weighted by atomic mass is 9.91. The molecule has 1 amide bonds. The van der Waals surface area contributed by atoms with Gasteiger partial charge in [0.15, 0.2) is 0 Å². The molecule has 0 bridgehead atoms. The Balaban J connectivity index is 1.40. The number of aromatic nitrogens is 1. The van der Waals surface area contributed by atoms with E-state index in [-0.39, 0.29) is 23.7 Å². The van der Waals surface area contributed by atoms with Crippen LogP contribution < -0.4 is 0 Å². The molecule has 2 unspecified atom stereocenters. The third-order valence-corrected chi connectivity index (χ3v) is 8.36. The lowest BCUT2D eigenvalue weighted by molar-refractivity contribution is 0.0671. The summed E-state index contributed by atoms with van der Waals surface area (Å²) in [6.07, 6.45) is 6.05. The number of hydrogen-bond acceptors (Lipinski definition) is 2. The zero-order valence-corrected chi connectivity index (χ0v) is 21.6. The highest BCUT2D eigenvalue weighted by molar-refractivity contribution is 9.10. The second-order valence-corrected chi connectivity index (χ2v) is 10.9. The van der Waals surface area contributed by atoms with Crippen molar-refractivity contribution < 1.29 is 9.18 Å². The average molecular weight is 531 g/mol. The van der Waals surface area contributed by atoms with Crippen molar-refractivity contribution in [2.45, 2.75) is 57.4 Å². The van der Waals surface area contributed by atoms with Gasteiger partial charge in [-0.25, -0.2) is 9.37 Å². The molecule has 0 radical (unpaired) electrons. The first-order valence-electron chi connectivity index (χ1n) is 12.6. The van der Waals surface area contributed by atoms with Gasteiger partial charge < -0.3 is 4.90 Å². The van der Waals surface area contributed by atoms with Gasteiger partial charge in [0.25, 0.3) is 5.91 Å². The Hall–Kier alpha value is -2.79. The van der Waals surface area contributed by atoms with Crippen molar-refractivity contribution in [3.05, 3.63) is 98.0 Å². The summed E-state index contributed by atoms with van der Waals surface area (Å²) in [6, 6.07) is 15.7. The van der Waals surface area contributed by atoms with E-state index in [2.05, 4.69) is 54.1 Å². The van der Waals surface area contributed by atoms with Gasteiger partial charge in [0.2, 0.25) is 0 Å². The van der Waals surface area contributed by atoms with Crippen LogP contribution in [0.4, 0.5) is 4.39 Å². The molecule has 2 heterocycles. The fraction of sp³-hybridized carbons (Fsp3) is 0.333. The summed E-state index contributed by atoms with van der Waals surface area (Å²) in [5, 5.41) is 0. The molecule has 3 aromatic rings. The Labute approximate surface area is 214 Å². The van der Waals surface area contributed by atoms with Crippen molar-refractivity contribution in [3.63, 3.8) is 0 Å². The molecule has 6 rings (SSSR count). The third-order valence-electron chi connectivity index (χ3n) is 7.87. The summed E-state index contributed by atoms with van der Waals surface area (Å²) in [5.74, 6) is 0.197. The molecule has 3 aliphatic rings. The fourth-order valence-electron chi connectivity index (χ4n) is 5.86. The zero-order valence-electron chi connectivity index (χ0n) is 20.0. The molecule has 3 nitrogen and oxygen atoms in total. The number of fused-ring (bicyclic) bond motifs is 2. The van der Waals surface area contributed by atoms with Gasteiger partial charge in [-0.15, -0.1) is 0 Å². The van der Waals surface area contributed by atoms with E-state index in [4.69, 9.17) is 4.98 Å². The molecule has 178 valence electrons. The number of allylic oxidation sites excluding steroid dienone is 1. The monoisotopic (exact) mass is 530 g/mol. The fourth-order valence-corrected chi connectivity index (χ4v) is 6.20. The van der Waals surface area contributed by atoms with Gasteiger partial charge in [-0.1, -0.05) is 53.2 Å². The summed E-state index contributed by atoms with van der Waals surface area (Å²) < 4.78 is 15.7. The minimum Gasteiger partial charge on any atom is -0.330 e. The van der Waals surface area contributed by atoms with Crippen LogP contribution in [0, 0.1) is 5.82 Å². The van der Waals surface area contributed by atoms with Gasteiger partial charge in [-0.05, 0) is 85.1 Å². The van der Waals surface area contributed by atoms with Crippen molar-refractivity contribution in [2.75, 3.05) is 6.54 Å². The Kier molecular flexibility index (Phi) is 5.63. The molecule has 0 N–H and O–H groups in total. The molecular weight excluding hydrogens is 503 g/mol. The van der Waals surface area contributed by atoms with Crippen LogP contribution in [0.2, 0.25) is 0 Å². The average Bonchev–Trinajstić information content (AvgIpc) is 3.64. The number of carbonyl (C=O) groups excluding carboxylic acids is 1. The number of halogens is 2. The lowest BCUT2D eigenvalue weighted by Crippen LogP contribution is -2.39. The molecule has 0 spiro atoms. The second kappa shape index (κ2) is 8.70. The first kappa shape index (κ1) is 22.7. The highest BCUT2D eigenvalue weighted by atomic mass is 79.9. The third kappa shape index (κ3) is 3.85. The van der Waals surface area contributed by atoms with Crippen molar-refractivity contribution in [2.24, 2.45) is 0 Å². The van der Waals surface area contributed by atoms with E-state index in [9.17, 15) is 9.18 Å². The van der Waals surface area contributed by atoms with Gasteiger partial charge in [0.1, 0.15) is 11.5 Å². The summed E-state index contributed by atoms with van der Waals surface area (Å²) in [6.45, 7) is 4.91. The zero-order chi connectivity index (χ0) is 24.3. The van der Waals surface area contributed by atoms with Gasteiger partial charge in [-0.3, -0.25) is 4.79 Å². The van der Waals surface area contributed by atoms with Crippen molar-refractivity contribution >= 4 is 33.5 Å². The SMILES string of the molecule is CCC1C(c2ccc(Br)cc2F)=Cc2c(C3CC3)cc(C(=O)N3CCc4ccccc4C3C)nc21. The first-order chi connectivity index (χ1) is 17.0. The van der Waals surface area contributed by atoms with E-state index in [1.54, 1.807) is 0 Å². The lowest BCUT2D eigenvalue weighted by Gasteiger charge is -2.35. The molecule has 1 aromatic heterocycles. The van der Waals surface area contributed by atoms with Crippen LogP contribution in [0.5, 0.6) is 0 Å². The number of pyridine rings is 1. The standard InChI is InChI=1S/C30H28BrFN2O/c1-3-21-25(23-11-10-20(31)14-27(23)32)15-26-24(19-8-9-19)16-28(33-29(21)26)30(35)34-13-12-18-6-4-5-7-22(18)17(34)2/h4-7,10-11,14-17,19,21H,3,8-9,12-13H2,1-2H3. The summed E-state index contributed by atoms with van der Waals surface area (Å²) >= 11 is 3.37. The Morgan fingerprint density at radius 2 is 1.94 bits per heavy atom. The molecule has 2 aromatic carbocycles. The molecule has 1 saturated carbocycles. The number of amides is 1. The van der Waals surface area contributed by atoms with E-state index in [0.29, 0.717) is 23.7 Å². The largest absolute Gasteiger partial charge is 0.330 e. The van der Waals surface area contributed by atoms with Crippen LogP contribution in [-0.4, -0.2) is 22.3 Å². The second-order valence-electron chi connectivity index (χ2n) is 9.98. The van der Waals surface area contributed by atoms with Gasteiger partial charge >= 0.3 is 0 Å². The molecule has 0 saturated heterocycles. The molecule has 2 atom stereocenters. The number of nitrogens with zero attached hydrogens (tertiary/aromatic N) is 2. The predicted molar refractivity (Wildman–Crippen MR) is 141 cm³/mol. The Morgan fingerprint density at radius 1 is 1.14 bits per heavy atom. The maximum Gasteiger partial charge on any atom is 0.272 e. The number of carbonyl (C=O) groups is 1. The summed E-state index contributed by atoms with van der Waals surface area (Å²) in [4.78, 5) is 20.8. The molecule has 35 heavy (non-hydrogen) atoms. The minimum absolute atomic E-state index is 0.00479. The molecule has 1 fully saturated rings. The minimum atomic E-state index is -0.234. The summed E-state index contributed by atoms with van der Waals surface area (Å²) in [5.41, 5.74) is 7.89. The van der Waals surface area contributed by atoms with E-state index < -0.39 is 0 Å². The normalized spacial score (nSPS) is 20.9. The van der Waals surface area contributed by atoms with Gasteiger partial charge in [0.05, 0.1) is 11.7 Å². The maximum absolute atomic E-state index is 15.0. The van der Waals surface area contributed by atoms with Gasteiger partial charge in [0, 0.05) is 28.1 Å². The maximum atomic E-state index is 15.0. The van der Waals surface area contributed by atoms with E-state index in [0.717, 1.165) is 47.0 Å². The van der Waals surface area contributed by atoms with Crippen LogP contribution in [0.3, 0.4) is 0 Å². The van der Waals surface area contributed by atoms with Crippen LogP contribution >= 0.6 is 15.9 Å². The van der Waals surface area contributed by atoms with E-state index >= 15 is 0 Å². The number of benzene rings is 2. The predicted octanol–water partition coefficient (Wildman–Crippen LogP) is 7.67. The number of rotatable bonds is 4. The Bertz CT molecular complexity index is 1380. The Morgan fingerprint density at radius 3 is 2.69 bits per heavy atom. The van der Waals surface area contributed by atoms with Crippen LogP contribution in [0.1, 0.15) is 95.0 Å². The van der Waals surface area contributed by atoms with Crippen molar-refractivity contribution in [3.8, 4) is 0 Å². The molecular formula is C30H28BrFN2O. The van der Waals surface area contributed by atoms with Gasteiger partial charge in [-0.2, -0.15) is 0 Å². The molecule has 5 heteroatoms. The van der Waals surface area contributed by atoms with Crippen molar-refractivity contribution in [1.29, 1.82) is 0 Å². The first-order valence-corrected chi connectivity index (χ1v) is 13.4. The van der Waals surface area contributed by atoms with E-state index in [1.165, 1.54) is 22.8 Å². The smallest absolute Gasteiger partial charge is 0.272 e. The van der Waals surface area contributed by atoms with Crippen LogP contribution in [0.15, 0.2) is 53.0 Å². The van der Waals surface area contributed by atoms with Crippen LogP contribution in [-0.2, 0) is 6.42 Å². The number of hydrogen-bond donors (Lipinski definition) is 0.